The van der Waals surface area contributed by atoms with Crippen molar-refractivity contribution in [1.29, 1.82) is 0 Å². The maximum atomic E-state index is 5.49. The van der Waals surface area contributed by atoms with Gasteiger partial charge in [-0.25, -0.2) is 0 Å². The molecule has 2 heteroatoms. The van der Waals surface area contributed by atoms with Crippen LogP contribution in [0.25, 0.3) is 0 Å². The quantitative estimate of drug-likeness (QED) is 0.794. The fourth-order valence-corrected chi connectivity index (χ4v) is 3.25. The monoisotopic (exact) mass is 225 g/mol. The average molecular weight is 225 g/mol. The van der Waals surface area contributed by atoms with Crippen molar-refractivity contribution < 1.29 is 4.74 Å². The zero-order valence-electron chi connectivity index (χ0n) is 11.1. The molecule has 0 amide bonds. The van der Waals surface area contributed by atoms with Crippen LogP contribution in [-0.2, 0) is 4.74 Å². The van der Waals surface area contributed by atoms with E-state index in [1.165, 1.54) is 44.9 Å². The number of methoxy groups -OCH3 is 1. The van der Waals surface area contributed by atoms with Crippen LogP contribution in [0.1, 0.15) is 58.8 Å². The molecule has 0 bridgehead atoms. The van der Waals surface area contributed by atoms with Crippen molar-refractivity contribution in [1.82, 2.24) is 5.32 Å². The van der Waals surface area contributed by atoms with Crippen LogP contribution in [0.15, 0.2) is 0 Å². The van der Waals surface area contributed by atoms with Gasteiger partial charge in [-0.1, -0.05) is 6.42 Å². The normalized spacial score (nSPS) is 35.1. The first-order chi connectivity index (χ1) is 7.61. The van der Waals surface area contributed by atoms with Crippen LogP contribution in [-0.4, -0.2) is 24.8 Å². The van der Waals surface area contributed by atoms with E-state index < -0.39 is 0 Å². The van der Waals surface area contributed by atoms with Crippen LogP contribution in [0.5, 0.6) is 0 Å². The summed E-state index contributed by atoms with van der Waals surface area (Å²) in [5.74, 6) is 0.992. The highest BCUT2D eigenvalue weighted by Gasteiger charge is 2.33. The first-order valence-electron chi connectivity index (χ1n) is 6.92. The van der Waals surface area contributed by atoms with E-state index in [9.17, 15) is 0 Å². The van der Waals surface area contributed by atoms with Gasteiger partial charge in [0.05, 0.1) is 5.60 Å². The molecule has 1 saturated heterocycles. The zero-order chi connectivity index (χ0) is 11.6. The smallest absolute Gasteiger partial charge is 0.0623 e. The van der Waals surface area contributed by atoms with Gasteiger partial charge in [-0.05, 0) is 58.3 Å². The predicted molar refractivity (Wildman–Crippen MR) is 67.6 cm³/mol. The Labute approximate surface area is 100 Å². The summed E-state index contributed by atoms with van der Waals surface area (Å²) in [7, 11) is 1.82. The highest BCUT2D eigenvalue weighted by Crippen LogP contribution is 2.34. The summed E-state index contributed by atoms with van der Waals surface area (Å²) in [6.45, 7) is 4.38. The van der Waals surface area contributed by atoms with Crippen molar-refractivity contribution in [2.45, 2.75) is 76.5 Å². The summed E-state index contributed by atoms with van der Waals surface area (Å²) in [5, 5.41) is 3.86. The molecular weight excluding hydrogens is 198 g/mol. The van der Waals surface area contributed by atoms with Gasteiger partial charge in [-0.3, -0.25) is 0 Å². The highest BCUT2D eigenvalue weighted by molar-refractivity contribution is 4.91. The van der Waals surface area contributed by atoms with Gasteiger partial charge < -0.3 is 10.1 Å². The number of rotatable bonds is 4. The van der Waals surface area contributed by atoms with E-state index in [2.05, 4.69) is 19.2 Å². The summed E-state index contributed by atoms with van der Waals surface area (Å²) in [6, 6.07) is 1.58. The largest absolute Gasteiger partial charge is 0.379 e. The number of hydrogen-bond donors (Lipinski definition) is 1. The molecule has 16 heavy (non-hydrogen) atoms. The van der Waals surface area contributed by atoms with E-state index in [-0.39, 0.29) is 5.60 Å². The van der Waals surface area contributed by atoms with E-state index >= 15 is 0 Å². The predicted octanol–water partition coefficient (Wildman–Crippen LogP) is 3.11. The van der Waals surface area contributed by atoms with Gasteiger partial charge in [-0.15, -0.1) is 0 Å². The minimum atomic E-state index is 0.0498. The van der Waals surface area contributed by atoms with Crippen molar-refractivity contribution in [3.63, 3.8) is 0 Å². The SMILES string of the molecule is COC(C)(C)CCC1CCC2CCCC2N1. The van der Waals surface area contributed by atoms with E-state index in [1.807, 2.05) is 7.11 Å². The maximum Gasteiger partial charge on any atom is 0.0623 e. The van der Waals surface area contributed by atoms with Crippen molar-refractivity contribution in [2.24, 2.45) is 5.92 Å². The van der Waals surface area contributed by atoms with Crippen molar-refractivity contribution >= 4 is 0 Å². The number of ether oxygens (including phenoxy) is 1. The Balaban J connectivity index is 1.75. The van der Waals surface area contributed by atoms with Crippen molar-refractivity contribution in [3.05, 3.63) is 0 Å². The second-order valence-electron chi connectivity index (χ2n) is 6.24. The molecule has 1 aliphatic carbocycles. The lowest BCUT2D eigenvalue weighted by atomic mass is 9.86. The molecule has 2 rings (SSSR count). The molecule has 3 atom stereocenters. The number of fused-ring (bicyclic) bond motifs is 1. The van der Waals surface area contributed by atoms with Crippen LogP contribution in [0.2, 0.25) is 0 Å². The topological polar surface area (TPSA) is 21.3 Å². The van der Waals surface area contributed by atoms with E-state index in [0.29, 0.717) is 0 Å². The molecule has 1 N–H and O–H groups in total. The summed E-state index contributed by atoms with van der Waals surface area (Å²) >= 11 is 0. The van der Waals surface area contributed by atoms with Crippen LogP contribution in [0.3, 0.4) is 0 Å². The Kier molecular flexibility index (Phi) is 3.91. The Morgan fingerprint density at radius 2 is 2.00 bits per heavy atom. The molecule has 3 unspecified atom stereocenters. The molecule has 0 radical (unpaired) electrons. The van der Waals surface area contributed by atoms with Gasteiger partial charge in [0.15, 0.2) is 0 Å². The molecule has 1 aliphatic heterocycles. The third-order valence-electron chi connectivity index (χ3n) is 4.64. The second-order valence-corrected chi connectivity index (χ2v) is 6.24. The lowest BCUT2D eigenvalue weighted by Crippen LogP contribution is -2.45. The first kappa shape index (κ1) is 12.4. The number of piperidine rings is 1. The van der Waals surface area contributed by atoms with Gasteiger partial charge in [0.1, 0.15) is 0 Å². The second kappa shape index (κ2) is 5.05. The van der Waals surface area contributed by atoms with Crippen LogP contribution in [0, 0.1) is 5.92 Å². The maximum absolute atomic E-state index is 5.49. The van der Waals surface area contributed by atoms with Gasteiger partial charge in [0.25, 0.3) is 0 Å². The lowest BCUT2D eigenvalue weighted by molar-refractivity contribution is 0.0101. The van der Waals surface area contributed by atoms with Crippen molar-refractivity contribution in [3.8, 4) is 0 Å². The third-order valence-corrected chi connectivity index (χ3v) is 4.64. The third kappa shape index (κ3) is 2.98. The highest BCUT2D eigenvalue weighted by atomic mass is 16.5. The molecule has 0 aromatic heterocycles. The fourth-order valence-electron chi connectivity index (χ4n) is 3.25. The molecule has 2 aliphatic rings. The van der Waals surface area contributed by atoms with Gasteiger partial charge in [-0.2, -0.15) is 0 Å². The van der Waals surface area contributed by atoms with Gasteiger partial charge in [0, 0.05) is 19.2 Å². The van der Waals surface area contributed by atoms with Crippen LogP contribution >= 0.6 is 0 Å². The molecule has 1 heterocycles. The fraction of sp³-hybridized carbons (Fsp3) is 1.00. The summed E-state index contributed by atoms with van der Waals surface area (Å²) in [5.41, 5.74) is 0.0498. The standard InChI is InChI=1S/C14H27NO/c1-14(2,16-3)10-9-12-8-7-11-5-4-6-13(11)15-12/h11-13,15H,4-10H2,1-3H3. The summed E-state index contributed by atoms with van der Waals surface area (Å²) in [4.78, 5) is 0. The number of hydrogen-bond acceptors (Lipinski definition) is 2. The van der Waals surface area contributed by atoms with E-state index in [1.54, 1.807) is 0 Å². The Hall–Kier alpha value is -0.0800. The van der Waals surface area contributed by atoms with E-state index in [0.717, 1.165) is 18.0 Å². The Bertz CT molecular complexity index is 227. The minimum absolute atomic E-state index is 0.0498. The first-order valence-corrected chi connectivity index (χ1v) is 6.92. The van der Waals surface area contributed by atoms with Gasteiger partial charge in [0.2, 0.25) is 0 Å². The number of nitrogens with one attached hydrogen (secondary N) is 1. The Morgan fingerprint density at radius 1 is 1.19 bits per heavy atom. The summed E-state index contributed by atoms with van der Waals surface area (Å²) in [6.07, 6.45) is 9.58. The minimum Gasteiger partial charge on any atom is -0.379 e. The molecule has 0 spiro atoms. The molecule has 1 saturated carbocycles. The lowest BCUT2D eigenvalue weighted by Gasteiger charge is -2.35. The average Bonchev–Trinajstić information content (AvgIpc) is 2.73. The van der Waals surface area contributed by atoms with Crippen LogP contribution < -0.4 is 5.32 Å². The molecule has 2 fully saturated rings. The molecule has 0 aromatic carbocycles. The van der Waals surface area contributed by atoms with Crippen molar-refractivity contribution in [2.75, 3.05) is 7.11 Å². The van der Waals surface area contributed by atoms with Gasteiger partial charge >= 0.3 is 0 Å². The summed E-state index contributed by atoms with van der Waals surface area (Å²) < 4.78 is 5.49. The molecule has 0 aromatic rings. The molecule has 2 nitrogen and oxygen atoms in total. The Morgan fingerprint density at radius 3 is 2.75 bits per heavy atom. The van der Waals surface area contributed by atoms with E-state index in [4.69, 9.17) is 4.74 Å². The molecular formula is C14H27NO. The molecule has 94 valence electrons. The van der Waals surface area contributed by atoms with Crippen LogP contribution in [0.4, 0.5) is 0 Å². The zero-order valence-corrected chi connectivity index (χ0v) is 11.1.